The second-order valence-corrected chi connectivity index (χ2v) is 20.5. The second-order valence-electron chi connectivity index (χ2n) is 18.3. The molecule has 5 aromatic rings. The molecular formula is C48H55ClN8O7S. The third-order valence-electron chi connectivity index (χ3n) is 13.4. The second kappa shape index (κ2) is 18.4. The van der Waals surface area contributed by atoms with E-state index in [1.54, 1.807) is 18.5 Å². The van der Waals surface area contributed by atoms with Crippen molar-refractivity contribution in [1.29, 1.82) is 0 Å². The van der Waals surface area contributed by atoms with Crippen molar-refractivity contribution in [2.75, 3.05) is 62.7 Å². The van der Waals surface area contributed by atoms with E-state index in [9.17, 15) is 23.3 Å². The fourth-order valence-corrected chi connectivity index (χ4v) is 11.0. The van der Waals surface area contributed by atoms with Gasteiger partial charge in [0.1, 0.15) is 17.1 Å². The Morgan fingerprint density at radius 1 is 1.02 bits per heavy atom. The molecule has 0 spiro atoms. The molecule has 4 N–H and O–H groups in total. The number of amides is 1. The highest BCUT2D eigenvalue weighted by Gasteiger charge is 2.35. The molecule has 0 bridgehead atoms. The molecular weight excluding hydrogens is 868 g/mol. The number of aromatic nitrogens is 2. The van der Waals surface area contributed by atoms with E-state index in [0.717, 1.165) is 91.2 Å². The number of carbonyl (C=O) groups is 1. The molecule has 342 valence electrons. The van der Waals surface area contributed by atoms with Gasteiger partial charge in [-0.25, -0.2) is 18.1 Å². The first kappa shape index (κ1) is 44.7. The van der Waals surface area contributed by atoms with Crippen LogP contribution in [0.4, 0.5) is 17.1 Å². The number of rotatable bonds is 12. The van der Waals surface area contributed by atoms with Crippen molar-refractivity contribution in [1.82, 2.24) is 24.9 Å². The lowest BCUT2D eigenvalue weighted by Gasteiger charge is -2.36. The van der Waals surface area contributed by atoms with Crippen LogP contribution >= 0.6 is 11.6 Å². The minimum atomic E-state index is -4.67. The summed E-state index contributed by atoms with van der Waals surface area (Å²) in [5.74, 6) is -0.406. The van der Waals surface area contributed by atoms with Gasteiger partial charge in [-0.05, 0) is 121 Å². The van der Waals surface area contributed by atoms with Crippen molar-refractivity contribution in [2.24, 2.45) is 5.41 Å². The molecule has 2 aromatic heterocycles. The smallest absolute Gasteiger partial charge is 0.293 e. The number of fused-ring (bicyclic) bond motifs is 1. The van der Waals surface area contributed by atoms with E-state index in [4.69, 9.17) is 21.1 Å². The number of pyridine rings is 1. The average Bonchev–Trinajstić information content (AvgIpc) is 3.97. The minimum Gasteiger partial charge on any atom is -0.453 e. The molecule has 3 aliphatic heterocycles. The number of H-pyrrole nitrogens is 1. The number of likely N-dealkylation sites (tertiary alicyclic amines) is 1. The summed E-state index contributed by atoms with van der Waals surface area (Å²) in [6, 6.07) is 17.3. The number of nitro groups is 1. The molecule has 4 aliphatic rings. The van der Waals surface area contributed by atoms with E-state index >= 15 is 0 Å². The summed E-state index contributed by atoms with van der Waals surface area (Å²) >= 11 is 6.37. The molecule has 0 unspecified atom stereocenters. The SMILES string of the molecule is Cc1c(C2=C(c3ccc(Cl)cc3)CC(C)(C)CC2)cc(C(=O)NS(=O)(=O)c2ccc(N[C@H]3CCN(C4CCOCC4)C3)c([N+](=O)[O-])c2)c(Oc2cnc3[nH]ccc3c2)c1N1CCNCC1. The molecule has 3 aromatic carbocycles. The van der Waals surface area contributed by atoms with E-state index in [0.29, 0.717) is 67.3 Å². The quantitative estimate of drug-likeness (QED) is 0.0692. The van der Waals surface area contributed by atoms with Crippen LogP contribution in [0.15, 0.2) is 78.0 Å². The number of nitrogens with zero attached hydrogens (tertiary/aromatic N) is 4. The normalized spacial score (nSPS) is 19.7. The van der Waals surface area contributed by atoms with Crippen LogP contribution in [0.2, 0.25) is 5.02 Å². The van der Waals surface area contributed by atoms with E-state index in [2.05, 4.69) is 49.0 Å². The Hall–Kier alpha value is -5.52. The number of hydrogen-bond donors (Lipinski definition) is 4. The number of sulfonamides is 1. The number of nitrogens with one attached hydrogen (secondary N) is 4. The van der Waals surface area contributed by atoms with Crippen LogP contribution in [0.3, 0.4) is 0 Å². The van der Waals surface area contributed by atoms with Gasteiger partial charge in [-0.15, -0.1) is 0 Å². The third-order valence-corrected chi connectivity index (χ3v) is 14.9. The Balaban J connectivity index is 1.12. The number of aromatic amines is 1. The maximum absolute atomic E-state index is 15.0. The lowest BCUT2D eigenvalue weighted by atomic mass is 9.70. The molecule has 15 nitrogen and oxygen atoms in total. The summed E-state index contributed by atoms with van der Waals surface area (Å²) in [7, 11) is -4.67. The summed E-state index contributed by atoms with van der Waals surface area (Å²) in [6.07, 6.45) is 8.37. The predicted octanol–water partition coefficient (Wildman–Crippen LogP) is 8.54. The Kier molecular flexibility index (Phi) is 12.6. The fraction of sp³-hybridized carbons (Fsp3) is 0.417. The number of ether oxygens (including phenoxy) is 2. The van der Waals surface area contributed by atoms with Gasteiger partial charge in [-0.1, -0.05) is 37.6 Å². The highest BCUT2D eigenvalue weighted by molar-refractivity contribution is 7.90. The van der Waals surface area contributed by atoms with Crippen LogP contribution in [0, 0.1) is 22.5 Å². The number of hydrogen-bond acceptors (Lipinski definition) is 12. The van der Waals surface area contributed by atoms with Gasteiger partial charge in [-0.3, -0.25) is 19.8 Å². The van der Waals surface area contributed by atoms with Crippen LogP contribution in [-0.2, 0) is 14.8 Å². The molecule has 0 saturated carbocycles. The zero-order chi connectivity index (χ0) is 45.5. The van der Waals surface area contributed by atoms with Crippen molar-refractivity contribution >= 4 is 66.8 Å². The van der Waals surface area contributed by atoms with Gasteiger partial charge >= 0.3 is 0 Å². The number of carbonyl (C=O) groups excluding carboxylic acids is 1. The molecule has 5 heterocycles. The lowest BCUT2D eigenvalue weighted by Crippen LogP contribution is -2.44. The highest BCUT2D eigenvalue weighted by Crippen LogP contribution is 2.50. The van der Waals surface area contributed by atoms with Gasteiger partial charge in [0.15, 0.2) is 5.75 Å². The Morgan fingerprint density at radius 2 is 1.78 bits per heavy atom. The van der Waals surface area contributed by atoms with Crippen molar-refractivity contribution in [3.8, 4) is 11.5 Å². The number of nitro benzene ring substituents is 1. The van der Waals surface area contributed by atoms with Crippen molar-refractivity contribution in [2.45, 2.75) is 76.3 Å². The Bertz CT molecular complexity index is 2760. The maximum atomic E-state index is 15.0. The zero-order valence-electron chi connectivity index (χ0n) is 36.9. The minimum absolute atomic E-state index is 0.00670. The molecule has 65 heavy (non-hydrogen) atoms. The molecule has 1 aliphatic carbocycles. The van der Waals surface area contributed by atoms with Crippen LogP contribution in [0.5, 0.6) is 11.5 Å². The Labute approximate surface area is 384 Å². The van der Waals surface area contributed by atoms with Crippen molar-refractivity contribution in [3.63, 3.8) is 0 Å². The number of benzene rings is 3. The van der Waals surface area contributed by atoms with E-state index < -0.39 is 31.4 Å². The zero-order valence-corrected chi connectivity index (χ0v) is 38.5. The average molecular weight is 924 g/mol. The lowest BCUT2D eigenvalue weighted by molar-refractivity contribution is -0.384. The van der Waals surface area contributed by atoms with E-state index in [1.165, 1.54) is 12.1 Å². The summed E-state index contributed by atoms with van der Waals surface area (Å²) in [5.41, 5.74) is 6.01. The molecule has 1 atom stereocenters. The highest BCUT2D eigenvalue weighted by atomic mass is 35.5. The fourth-order valence-electron chi connectivity index (χ4n) is 9.90. The van der Waals surface area contributed by atoms with Gasteiger partial charge < -0.3 is 30.0 Å². The van der Waals surface area contributed by atoms with Gasteiger partial charge in [0.05, 0.1) is 27.3 Å². The Morgan fingerprint density at radius 3 is 2.54 bits per heavy atom. The molecule has 17 heteroatoms. The van der Waals surface area contributed by atoms with E-state index in [-0.39, 0.29) is 28.5 Å². The number of anilines is 2. The van der Waals surface area contributed by atoms with Gasteiger partial charge in [-0.2, -0.15) is 0 Å². The predicted molar refractivity (Wildman–Crippen MR) is 254 cm³/mol. The largest absolute Gasteiger partial charge is 0.453 e. The summed E-state index contributed by atoms with van der Waals surface area (Å²) in [6.45, 7) is 12.1. The standard InChI is InChI=1S/C48H55ClN8O7S/c1-30-39(38-10-15-48(2,3)27-41(38)31-4-6-33(49)7-5-31)26-40(45(44(30)55-20-17-50-18-21-55)64-36-24-32-11-16-51-46(32)52-28-36)47(58)54-65(61,62)37-8-9-42(43(25-37)57(59)60)53-34-12-19-56(29-34)35-13-22-63-23-14-35/h4-9,11,16,24-26,28,34-35,50,53H,10,12-15,17-23,27,29H2,1-3H3,(H,51,52)(H,54,58)/t34-/m0/s1. The van der Waals surface area contributed by atoms with Crippen LogP contribution in [0.25, 0.3) is 22.2 Å². The first-order chi connectivity index (χ1) is 31.2. The van der Waals surface area contributed by atoms with Gasteiger partial charge in [0, 0.05) is 87.2 Å². The van der Waals surface area contributed by atoms with Crippen molar-refractivity contribution < 1.29 is 27.6 Å². The van der Waals surface area contributed by atoms with Crippen LogP contribution < -0.4 is 25.0 Å². The first-order valence-corrected chi connectivity index (χ1v) is 24.3. The number of halogens is 1. The van der Waals surface area contributed by atoms with Gasteiger partial charge in [0.25, 0.3) is 21.6 Å². The van der Waals surface area contributed by atoms with Crippen LogP contribution in [0.1, 0.15) is 79.4 Å². The molecule has 0 radical (unpaired) electrons. The molecule has 3 saturated heterocycles. The van der Waals surface area contributed by atoms with Crippen LogP contribution in [-0.4, -0.2) is 98.7 Å². The molecule has 9 rings (SSSR count). The number of allylic oxidation sites excluding steroid dienone is 2. The summed E-state index contributed by atoms with van der Waals surface area (Å²) < 4.78 is 43.3. The van der Waals surface area contributed by atoms with E-state index in [1.807, 2.05) is 43.3 Å². The summed E-state index contributed by atoms with van der Waals surface area (Å²) in [4.78, 5) is 38.7. The van der Waals surface area contributed by atoms with Gasteiger partial charge in [0.2, 0.25) is 0 Å². The number of piperazine rings is 1. The molecule has 1 amide bonds. The maximum Gasteiger partial charge on any atom is 0.293 e. The summed E-state index contributed by atoms with van der Waals surface area (Å²) in [5, 5.41) is 20.7. The third kappa shape index (κ3) is 9.59. The first-order valence-electron chi connectivity index (χ1n) is 22.4. The topological polar surface area (TPSA) is 184 Å². The monoisotopic (exact) mass is 922 g/mol. The molecule has 3 fully saturated rings. The van der Waals surface area contributed by atoms with Crippen molar-refractivity contribution in [3.05, 3.63) is 110 Å².